The van der Waals surface area contributed by atoms with Crippen molar-refractivity contribution in [1.29, 1.82) is 0 Å². The average Bonchev–Trinajstić information content (AvgIpc) is 2.43. The van der Waals surface area contributed by atoms with Crippen LogP contribution in [0.2, 0.25) is 0 Å². The van der Waals surface area contributed by atoms with E-state index in [1.54, 1.807) is 6.20 Å². The third kappa shape index (κ3) is 1.56. The zero-order chi connectivity index (χ0) is 11.9. The molecule has 0 unspecified atom stereocenters. The summed E-state index contributed by atoms with van der Waals surface area (Å²) in [6.45, 7) is 6.07. The lowest BCUT2D eigenvalue weighted by atomic mass is 10.0. The molecule has 2 aromatic heterocycles. The highest BCUT2D eigenvalue weighted by molar-refractivity contribution is 5.69. The predicted molar refractivity (Wildman–Crippen MR) is 65.1 cm³/mol. The zero-order valence-electron chi connectivity index (χ0n) is 10.1. The van der Waals surface area contributed by atoms with Crippen LogP contribution >= 0.6 is 0 Å². The summed E-state index contributed by atoms with van der Waals surface area (Å²) in [6, 6.07) is 1.94. The van der Waals surface area contributed by atoms with E-state index in [1.807, 2.05) is 38.6 Å². The summed E-state index contributed by atoms with van der Waals surface area (Å²) >= 11 is 0. The van der Waals surface area contributed by atoms with Gasteiger partial charge in [-0.1, -0.05) is 0 Å². The lowest BCUT2D eigenvalue weighted by Crippen LogP contribution is -1.95. The van der Waals surface area contributed by atoms with Crippen LogP contribution in [0, 0.1) is 20.8 Å². The van der Waals surface area contributed by atoms with Gasteiger partial charge in [0, 0.05) is 18.3 Å². The van der Waals surface area contributed by atoms with Gasteiger partial charge in [0.1, 0.15) is 0 Å². The average molecular weight is 216 g/mol. The first-order chi connectivity index (χ1) is 7.50. The van der Waals surface area contributed by atoms with E-state index >= 15 is 0 Å². The monoisotopic (exact) mass is 216 g/mol. The molecule has 0 saturated carbocycles. The van der Waals surface area contributed by atoms with E-state index in [0.29, 0.717) is 5.69 Å². The normalized spacial score (nSPS) is 10.8. The maximum absolute atomic E-state index is 5.70. The highest BCUT2D eigenvalue weighted by atomic mass is 15.3. The van der Waals surface area contributed by atoms with Crippen molar-refractivity contribution in [3.05, 3.63) is 29.2 Å². The summed E-state index contributed by atoms with van der Waals surface area (Å²) in [7, 11) is 1.94. The van der Waals surface area contributed by atoms with Gasteiger partial charge < -0.3 is 5.73 Å². The summed E-state index contributed by atoms with van der Waals surface area (Å²) in [5.41, 5.74) is 11.7. The highest BCUT2D eigenvalue weighted by Crippen LogP contribution is 2.27. The van der Waals surface area contributed by atoms with Crippen LogP contribution in [0.4, 0.5) is 5.69 Å². The maximum Gasteiger partial charge on any atom is 0.0769 e. The van der Waals surface area contributed by atoms with Crippen molar-refractivity contribution in [2.45, 2.75) is 20.8 Å². The predicted octanol–water partition coefficient (Wildman–Crippen LogP) is 1.99. The summed E-state index contributed by atoms with van der Waals surface area (Å²) < 4.78 is 1.88. The van der Waals surface area contributed by atoms with Crippen molar-refractivity contribution in [2.75, 3.05) is 5.73 Å². The summed E-state index contributed by atoms with van der Waals surface area (Å²) in [5.74, 6) is 0. The molecule has 0 bridgehead atoms. The Morgan fingerprint density at radius 2 is 1.94 bits per heavy atom. The molecule has 0 aliphatic rings. The lowest BCUT2D eigenvalue weighted by molar-refractivity contribution is 0.731. The van der Waals surface area contributed by atoms with E-state index in [1.165, 1.54) is 0 Å². The lowest BCUT2D eigenvalue weighted by Gasteiger charge is -2.06. The molecular weight excluding hydrogens is 200 g/mol. The van der Waals surface area contributed by atoms with E-state index < -0.39 is 0 Å². The van der Waals surface area contributed by atoms with Crippen molar-refractivity contribution < 1.29 is 0 Å². The SMILES string of the molecule is Cc1cc(N)cnc1-c1c(C)nn(C)c1C. The molecule has 2 heterocycles. The molecule has 0 aliphatic heterocycles. The first kappa shape index (κ1) is 10.7. The first-order valence-electron chi connectivity index (χ1n) is 5.23. The van der Waals surface area contributed by atoms with Crippen LogP contribution < -0.4 is 5.73 Å². The van der Waals surface area contributed by atoms with Gasteiger partial charge in [-0.05, 0) is 32.4 Å². The Bertz CT molecular complexity index is 540. The number of aromatic nitrogens is 3. The molecule has 4 nitrogen and oxygen atoms in total. The van der Waals surface area contributed by atoms with Gasteiger partial charge in [0.05, 0.1) is 23.3 Å². The third-order valence-electron chi connectivity index (χ3n) is 2.85. The van der Waals surface area contributed by atoms with Gasteiger partial charge in [-0.15, -0.1) is 0 Å². The molecule has 84 valence electrons. The van der Waals surface area contributed by atoms with Crippen molar-refractivity contribution >= 4 is 5.69 Å². The summed E-state index contributed by atoms with van der Waals surface area (Å²) in [4.78, 5) is 4.40. The summed E-state index contributed by atoms with van der Waals surface area (Å²) in [5, 5.41) is 4.40. The van der Waals surface area contributed by atoms with E-state index in [0.717, 1.165) is 28.2 Å². The molecule has 0 spiro atoms. The van der Waals surface area contributed by atoms with E-state index in [4.69, 9.17) is 5.73 Å². The molecule has 2 rings (SSSR count). The van der Waals surface area contributed by atoms with Crippen LogP contribution in [-0.4, -0.2) is 14.8 Å². The molecule has 2 N–H and O–H groups in total. The Labute approximate surface area is 95.1 Å². The van der Waals surface area contributed by atoms with E-state index in [2.05, 4.69) is 10.1 Å². The van der Waals surface area contributed by atoms with Crippen LogP contribution in [-0.2, 0) is 7.05 Å². The molecule has 4 heteroatoms. The van der Waals surface area contributed by atoms with Gasteiger partial charge in [-0.25, -0.2) is 0 Å². The molecule has 0 atom stereocenters. The number of hydrogen-bond acceptors (Lipinski definition) is 3. The van der Waals surface area contributed by atoms with Crippen LogP contribution in [0.15, 0.2) is 12.3 Å². The number of pyridine rings is 1. The molecule has 0 amide bonds. The molecule has 0 aromatic carbocycles. The van der Waals surface area contributed by atoms with Crippen molar-refractivity contribution in [3.8, 4) is 11.3 Å². The third-order valence-corrected chi connectivity index (χ3v) is 2.85. The Kier molecular flexibility index (Phi) is 2.42. The molecule has 0 aliphatic carbocycles. The van der Waals surface area contributed by atoms with Gasteiger partial charge in [-0.2, -0.15) is 5.10 Å². The second-order valence-corrected chi connectivity index (χ2v) is 4.10. The first-order valence-corrected chi connectivity index (χ1v) is 5.23. The minimum atomic E-state index is 0.695. The quantitative estimate of drug-likeness (QED) is 0.793. The van der Waals surface area contributed by atoms with Crippen LogP contribution in [0.5, 0.6) is 0 Å². The number of nitrogens with zero attached hydrogens (tertiary/aromatic N) is 3. The minimum Gasteiger partial charge on any atom is -0.397 e. The Morgan fingerprint density at radius 1 is 1.25 bits per heavy atom. The topological polar surface area (TPSA) is 56.7 Å². The Balaban J connectivity index is 2.67. The molecule has 0 saturated heterocycles. The Hall–Kier alpha value is -1.84. The molecule has 0 radical (unpaired) electrons. The van der Waals surface area contributed by atoms with Crippen molar-refractivity contribution in [3.63, 3.8) is 0 Å². The van der Waals surface area contributed by atoms with Gasteiger partial charge in [0.25, 0.3) is 0 Å². The number of rotatable bonds is 1. The number of aryl methyl sites for hydroxylation is 3. The molecule has 2 aromatic rings. The maximum atomic E-state index is 5.70. The molecule has 0 fully saturated rings. The standard InChI is InChI=1S/C12H16N4/c1-7-5-10(13)6-14-12(7)11-8(2)15-16(4)9(11)3/h5-6H,13H2,1-4H3. The number of nitrogen functional groups attached to an aromatic ring is 1. The summed E-state index contributed by atoms with van der Waals surface area (Å²) in [6.07, 6.45) is 1.69. The van der Waals surface area contributed by atoms with Gasteiger partial charge in [0.2, 0.25) is 0 Å². The van der Waals surface area contributed by atoms with Crippen LogP contribution in [0.3, 0.4) is 0 Å². The second-order valence-electron chi connectivity index (χ2n) is 4.10. The minimum absolute atomic E-state index is 0.695. The van der Waals surface area contributed by atoms with E-state index in [-0.39, 0.29) is 0 Å². The smallest absolute Gasteiger partial charge is 0.0769 e. The highest BCUT2D eigenvalue weighted by Gasteiger charge is 2.14. The zero-order valence-corrected chi connectivity index (χ0v) is 10.1. The van der Waals surface area contributed by atoms with Crippen LogP contribution in [0.1, 0.15) is 17.0 Å². The fourth-order valence-electron chi connectivity index (χ4n) is 1.97. The largest absolute Gasteiger partial charge is 0.397 e. The fourth-order valence-corrected chi connectivity index (χ4v) is 1.97. The van der Waals surface area contributed by atoms with Crippen LogP contribution in [0.25, 0.3) is 11.3 Å². The second kappa shape index (κ2) is 3.63. The van der Waals surface area contributed by atoms with Crippen molar-refractivity contribution in [2.24, 2.45) is 7.05 Å². The number of anilines is 1. The number of hydrogen-bond donors (Lipinski definition) is 1. The van der Waals surface area contributed by atoms with Crippen molar-refractivity contribution in [1.82, 2.24) is 14.8 Å². The number of nitrogens with two attached hydrogens (primary N) is 1. The molecular formula is C12H16N4. The Morgan fingerprint density at radius 3 is 2.44 bits per heavy atom. The fraction of sp³-hybridized carbons (Fsp3) is 0.333. The van der Waals surface area contributed by atoms with Gasteiger partial charge in [-0.3, -0.25) is 9.67 Å². The van der Waals surface area contributed by atoms with Gasteiger partial charge in [0.15, 0.2) is 0 Å². The molecule has 16 heavy (non-hydrogen) atoms. The van der Waals surface area contributed by atoms with E-state index in [9.17, 15) is 0 Å². The van der Waals surface area contributed by atoms with Gasteiger partial charge >= 0.3 is 0 Å².